The molecule has 0 bridgehead atoms. The van der Waals surface area contributed by atoms with Gasteiger partial charge in [-0.2, -0.15) is 4.31 Å². The predicted molar refractivity (Wildman–Crippen MR) is 125 cm³/mol. The van der Waals surface area contributed by atoms with E-state index in [-0.39, 0.29) is 10.9 Å². The van der Waals surface area contributed by atoms with Crippen LogP contribution < -0.4 is 10.6 Å². The fraction of sp³-hybridized carbons (Fsp3) is 0.708. The number of hydrogen-bond acceptors (Lipinski definition) is 3. The lowest BCUT2D eigenvalue weighted by Crippen LogP contribution is -2.79. The summed E-state index contributed by atoms with van der Waals surface area (Å²) in [6, 6.07) is 4.72. The summed E-state index contributed by atoms with van der Waals surface area (Å²) in [7, 11) is -1.96. The van der Waals surface area contributed by atoms with Crippen LogP contribution in [0.15, 0.2) is 23.1 Å². The van der Waals surface area contributed by atoms with Crippen molar-refractivity contribution >= 4 is 27.7 Å². The average molecular weight is 480 g/mol. The smallest absolute Gasteiger partial charge is 0.314 e. The van der Waals surface area contributed by atoms with Crippen molar-refractivity contribution in [3.63, 3.8) is 0 Å². The normalized spacial score (nSPS) is 34.7. The first-order valence-corrected chi connectivity index (χ1v) is 13.8. The molecule has 0 unspecified atom stereocenters. The molecule has 1 aromatic rings. The van der Waals surface area contributed by atoms with Crippen molar-refractivity contribution in [2.24, 2.45) is 35.0 Å². The van der Waals surface area contributed by atoms with Gasteiger partial charge in [0.05, 0.1) is 4.90 Å². The molecule has 32 heavy (non-hydrogen) atoms. The van der Waals surface area contributed by atoms with E-state index in [0.29, 0.717) is 36.1 Å². The first-order chi connectivity index (χ1) is 15.3. The minimum atomic E-state index is -3.53. The highest BCUT2D eigenvalue weighted by Crippen LogP contribution is 2.87. The molecule has 2 amide bonds. The number of rotatable bonds is 4. The molecule has 1 aliphatic heterocycles. The van der Waals surface area contributed by atoms with Gasteiger partial charge >= 0.3 is 6.03 Å². The van der Waals surface area contributed by atoms with E-state index >= 15 is 0 Å². The van der Waals surface area contributed by atoms with Crippen LogP contribution in [0.3, 0.4) is 0 Å². The van der Waals surface area contributed by atoms with E-state index in [1.807, 2.05) is 0 Å². The maximum atomic E-state index is 12.8. The van der Waals surface area contributed by atoms with Crippen molar-refractivity contribution in [3.05, 3.63) is 28.8 Å². The topological polar surface area (TPSA) is 78.5 Å². The maximum Gasteiger partial charge on any atom is 0.314 e. The quantitative estimate of drug-likeness (QED) is 0.684. The van der Waals surface area contributed by atoms with Crippen LogP contribution in [-0.2, 0) is 10.0 Å². The summed E-state index contributed by atoms with van der Waals surface area (Å²) in [5.74, 6) is 5.29. The van der Waals surface area contributed by atoms with Crippen molar-refractivity contribution in [1.29, 1.82) is 0 Å². The molecule has 1 spiro atoms. The van der Waals surface area contributed by atoms with Crippen molar-refractivity contribution < 1.29 is 13.2 Å². The lowest BCUT2D eigenvalue weighted by molar-refractivity contribution is -0.376. The number of urea groups is 1. The van der Waals surface area contributed by atoms with E-state index in [4.69, 9.17) is 11.6 Å². The summed E-state index contributed by atoms with van der Waals surface area (Å²) in [4.78, 5) is 11.5. The van der Waals surface area contributed by atoms with E-state index in [9.17, 15) is 13.2 Å². The van der Waals surface area contributed by atoms with Gasteiger partial charge in [-0.1, -0.05) is 17.7 Å². The minimum Gasteiger partial charge on any atom is -0.341 e. The van der Waals surface area contributed by atoms with E-state index in [1.54, 1.807) is 57.9 Å². The largest absolute Gasteiger partial charge is 0.341 e. The lowest BCUT2D eigenvalue weighted by atomic mass is 9.18. The van der Waals surface area contributed by atoms with Gasteiger partial charge in [-0.15, -0.1) is 0 Å². The maximum absolute atomic E-state index is 12.8. The van der Waals surface area contributed by atoms with Gasteiger partial charge in [0.2, 0.25) is 10.0 Å². The van der Waals surface area contributed by atoms with Gasteiger partial charge in [-0.05, 0) is 98.1 Å². The molecule has 1 saturated heterocycles. The highest BCUT2D eigenvalue weighted by molar-refractivity contribution is 7.89. The van der Waals surface area contributed by atoms with E-state index in [1.165, 1.54) is 28.0 Å². The number of benzene rings is 1. The van der Waals surface area contributed by atoms with Gasteiger partial charge in [-0.3, -0.25) is 0 Å². The number of nitrogens with zero attached hydrogens (tertiary/aromatic N) is 1. The van der Waals surface area contributed by atoms with E-state index in [0.717, 1.165) is 18.3 Å². The van der Waals surface area contributed by atoms with Crippen LogP contribution in [-0.4, -0.2) is 45.4 Å². The Labute approximate surface area is 196 Å². The molecule has 1 heterocycles. The van der Waals surface area contributed by atoms with E-state index < -0.39 is 10.0 Å². The van der Waals surface area contributed by atoms with Gasteiger partial charge in [0.25, 0.3) is 0 Å². The third kappa shape index (κ3) is 3.30. The van der Waals surface area contributed by atoms with Crippen LogP contribution in [0.25, 0.3) is 0 Å². The molecule has 5 aliphatic rings. The number of amides is 2. The Hall–Kier alpha value is -1.31. The second-order valence-electron chi connectivity index (χ2n) is 10.4. The number of halogens is 1. The molecule has 6 rings (SSSR count). The van der Waals surface area contributed by atoms with Gasteiger partial charge in [0.1, 0.15) is 0 Å². The number of carbonyl (C=O) groups is 1. The predicted octanol–water partition coefficient (Wildman–Crippen LogP) is 4.03. The molecular formula is C24H34ClN3O3S. The summed E-state index contributed by atoms with van der Waals surface area (Å²) in [6.07, 6.45) is 7.98. The summed E-state index contributed by atoms with van der Waals surface area (Å²) < 4.78 is 27.0. The minimum absolute atomic E-state index is 0.213. The van der Waals surface area contributed by atoms with Crippen LogP contribution in [0, 0.1) is 41.9 Å². The second-order valence-corrected chi connectivity index (χ2v) is 12.7. The zero-order valence-corrected chi connectivity index (χ0v) is 20.5. The van der Waals surface area contributed by atoms with Gasteiger partial charge in [-0.25, -0.2) is 13.2 Å². The van der Waals surface area contributed by atoms with Crippen LogP contribution in [0.5, 0.6) is 0 Å². The van der Waals surface area contributed by atoms with Crippen LogP contribution in [0.2, 0.25) is 5.02 Å². The molecule has 0 radical (unpaired) electrons. The zero-order valence-electron chi connectivity index (χ0n) is 18.9. The average Bonchev–Trinajstić information content (AvgIpc) is 2.72. The molecule has 4 aliphatic carbocycles. The number of sulfonamides is 1. The lowest BCUT2D eigenvalue weighted by Gasteiger charge is -2.86. The Bertz CT molecular complexity index is 952. The number of hydrogen-bond donors (Lipinski definition) is 2. The van der Waals surface area contributed by atoms with Crippen molar-refractivity contribution in [1.82, 2.24) is 14.9 Å². The monoisotopic (exact) mass is 479 g/mol. The Morgan fingerprint density at radius 1 is 1.09 bits per heavy atom. The molecule has 4 saturated carbocycles. The standard InChI is InChI=1S/C15H22ClN3O3S.C9H12/c1-11-13(16)4-3-5-14(11)23(21,22)19-8-6-12(7-9-19)10-18-15(20)17-2;1-5-2-7-4-8-3-6(1)9(5,7)8/h3-5,12H,6-10H2,1-2H3,(H2,17,18,20);5-8H,1-4H2. The van der Waals surface area contributed by atoms with Crippen molar-refractivity contribution in [2.75, 3.05) is 26.7 Å². The van der Waals surface area contributed by atoms with Crippen LogP contribution >= 0.6 is 11.6 Å². The van der Waals surface area contributed by atoms with Gasteiger partial charge in [0, 0.05) is 31.7 Å². The van der Waals surface area contributed by atoms with Crippen LogP contribution in [0.4, 0.5) is 4.79 Å². The van der Waals surface area contributed by atoms with Crippen molar-refractivity contribution in [3.8, 4) is 0 Å². The Morgan fingerprint density at radius 3 is 2.12 bits per heavy atom. The Balaban J connectivity index is 0.000000191. The van der Waals surface area contributed by atoms with Gasteiger partial charge < -0.3 is 10.6 Å². The summed E-state index contributed by atoms with van der Waals surface area (Å²) in [6.45, 7) is 3.18. The molecule has 176 valence electrons. The number of carbonyl (C=O) groups excluding carboxylic acids is 1. The molecule has 0 atom stereocenters. The van der Waals surface area contributed by atoms with Gasteiger partial charge in [0.15, 0.2) is 0 Å². The molecular weight excluding hydrogens is 446 g/mol. The summed E-state index contributed by atoms with van der Waals surface area (Å²) in [5, 5.41) is 5.72. The van der Waals surface area contributed by atoms with Crippen molar-refractivity contribution in [2.45, 2.75) is 50.3 Å². The first kappa shape index (κ1) is 22.5. The molecule has 6 nitrogen and oxygen atoms in total. The number of piperidine rings is 1. The van der Waals surface area contributed by atoms with Crippen LogP contribution in [0.1, 0.15) is 44.1 Å². The third-order valence-corrected chi connectivity index (χ3v) is 11.7. The fourth-order valence-electron chi connectivity index (χ4n) is 7.44. The second kappa shape index (κ2) is 8.17. The molecule has 5 fully saturated rings. The summed E-state index contributed by atoms with van der Waals surface area (Å²) in [5.41, 5.74) is 1.64. The first-order valence-electron chi connectivity index (χ1n) is 12.0. The van der Waals surface area contributed by atoms with E-state index in [2.05, 4.69) is 10.6 Å². The zero-order chi connectivity index (χ0) is 22.7. The molecule has 0 aromatic heterocycles. The summed E-state index contributed by atoms with van der Waals surface area (Å²) >= 11 is 6.04. The molecule has 2 N–H and O–H groups in total. The molecule has 8 heteroatoms. The molecule has 1 aromatic carbocycles. The Kier molecular flexibility index (Phi) is 5.74. The number of nitrogens with one attached hydrogen (secondary N) is 2. The highest BCUT2D eigenvalue weighted by atomic mass is 35.5. The highest BCUT2D eigenvalue weighted by Gasteiger charge is 2.80. The SMILES string of the molecule is C1C2CC3CC4CC1C234.CNC(=O)NCC1CCN(S(=O)(=O)c2cccc(Cl)c2C)CC1. The third-order valence-electron chi connectivity index (χ3n) is 9.29. The Morgan fingerprint density at radius 2 is 1.66 bits per heavy atom. The fourth-order valence-corrected chi connectivity index (χ4v) is 9.38.